The lowest BCUT2D eigenvalue weighted by Crippen LogP contribution is -2.19. The standard InChI is InChI=1S/C14H19NO2.C7H8.C6H12/c1-9-6-10(8-13(16)17-2)7-11-4-3-5-12(15)14(9)11;1-7-5-3-2-4-6-7;1-2-4-6-5-3-1/h6-7,12H,3-5,8,15H2,1-2H3;2-6H,1H3;1-6H2. The first-order valence-electron chi connectivity index (χ1n) is 11.5. The third-order valence-electron chi connectivity index (χ3n) is 5.88. The normalized spacial score (nSPS) is 17.4. The Balaban J connectivity index is 0.000000200. The van der Waals surface area contributed by atoms with Crippen LogP contribution in [0.2, 0.25) is 0 Å². The molecule has 30 heavy (non-hydrogen) atoms. The van der Waals surface area contributed by atoms with E-state index in [9.17, 15) is 4.79 Å². The van der Waals surface area contributed by atoms with Gasteiger partial charge in [0.05, 0.1) is 13.5 Å². The highest BCUT2D eigenvalue weighted by atomic mass is 16.5. The SMILES string of the molecule is C1CCCCC1.COC(=O)Cc1cc(C)c2c(c1)CCCC2N.Cc1ccccc1. The van der Waals surface area contributed by atoms with Crippen LogP contribution in [0.25, 0.3) is 0 Å². The van der Waals surface area contributed by atoms with Gasteiger partial charge in [0.25, 0.3) is 0 Å². The molecule has 0 radical (unpaired) electrons. The Hall–Kier alpha value is -2.13. The molecule has 0 bridgehead atoms. The van der Waals surface area contributed by atoms with E-state index in [1.807, 2.05) is 18.2 Å². The Labute approximate surface area is 183 Å². The topological polar surface area (TPSA) is 52.3 Å². The number of esters is 1. The van der Waals surface area contributed by atoms with Crippen LogP contribution in [0.15, 0.2) is 42.5 Å². The second-order valence-corrected chi connectivity index (χ2v) is 8.51. The molecule has 0 amide bonds. The summed E-state index contributed by atoms with van der Waals surface area (Å²) in [5.41, 5.74) is 12.3. The molecule has 0 aromatic heterocycles. The number of ether oxygens (including phenoxy) is 1. The Morgan fingerprint density at radius 1 is 0.967 bits per heavy atom. The lowest BCUT2D eigenvalue weighted by atomic mass is 9.84. The average molecular weight is 410 g/mol. The van der Waals surface area contributed by atoms with Crippen LogP contribution in [0.1, 0.15) is 85.2 Å². The van der Waals surface area contributed by atoms with E-state index in [0.717, 1.165) is 24.8 Å². The van der Waals surface area contributed by atoms with Gasteiger partial charge in [-0.15, -0.1) is 0 Å². The molecule has 2 N–H and O–H groups in total. The van der Waals surface area contributed by atoms with Gasteiger partial charge >= 0.3 is 5.97 Å². The van der Waals surface area contributed by atoms with Gasteiger partial charge < -0.3 is 10.5 Å². The molecule has 2 aromatic rings. The summed E-state index contributed by atoms with van der Waals surface area (Å²) in [7, 11) is 1.42. The maximum absolute atomic E-state index is 11.3. The van der Waals surface area contributed by atoms with Crippen LogP contribution in [-0.2, 0) is 22.4 Å². The number of rotatable bonds is 2. The molecule has 1 unspecified atom stereocenters. The van der Waals surface area contributed by atoms with Gasteiger partial charge in [-0.25, -0.2) is 0 Å². The van der Waals surface area contributed by atoms with Gasteiger partial charge in [0.1, 0.15) is 0 Å². The van der Waals surface area contributed by atoms with E-state index in [1.165, 1.54) is 67.9 Å². The first-order chi connectivity index (χ1) is 14.5. The Morgan fingerprint density at radius 2 is 1.57 bits per heavy atom. The lowest BCUT2D eigenvalue weighted by Gasteiger charge is -2.25. The number of hydrogen-bond acceptors (Lipinski definition) is 3. The molecule has 2 aliphatic rings. The molecule has 0 saturated heterocycles. The minimum absolute atomic E-state index is 0.158. The lowest BCUT2D eigenvalue weighted by molar-refractivity contribution is -0.139. The monoisotopic (exact) mass is 409 g/mol. The summed E-state index contributed by atoms with van der Waals surface area (Å²) in [6.07, 6.45) is 12.6. The van der Waals surface area contributed by atoms with E-state index < -0.39 is 0 Å². The summed E-state index contributed by atoms with van der Waals surface area (Å²) in [6, 6.07) is 14.6. The number of hydrogen-bond donors (Lipinski definition) is 1. The largest absolute Gasteiger partial charge is 0.469 e. The zero-order valence-electron chi connectivity index (χ0n) is 19.1. The summed E-state index contributed by atoms with van der Waals surface area (Å²) in [5, 5.41) is 0. The van der Waals surface area contributed by atoms with Crippen LogP contribution in [0.3, 0.4) is 0 Å². The Morgan fingerprint density at radius 3 is 2.07 bits per heavy atom. The quantitative estimate of drug-likeness (QED) is 0.585. The van der Waals surface area contributed by atoms with Crippen molar-refractivity contribution in [2.45, 2.75) is 84.1 Å². The fraction of sp³-hybridized carbons (Fsp3) is 0.519. The van der Waals surface area contributed by atoms with Gasteiger partial charge in [-0.3, -0.25) is 4.79 Å². The van der Waals surface area contributed by atoms with Gasteiger partial charge in [0.15, 0.2) is 0 Å². The highest BCUT2D eigenvalue weighted by molar-refractivity contribution is 5.72. The molecule has 0 heterocycles. The zero-order chi connectivity index (χ0) is 21.8. The van der Waals surface area contributed by atoms with Crippen molar-refractivity contribution < 1.29 is 9.53 Å². The van der Waals surface area contributed by atoms with Crippen molar-refractivity contribution in [3.63, 3.8) is 0 Å². The number of fused-ring (bicyclic) bond motifs is 1. The third kappa shape index (κ3) is 8.31. The minimum Gasteiger partial charge on any atom is -0.469 e. The van der Waals surface area contributed by atoms with E-state index >= 15 is 0 Å². The van der Waals surface area contributed by atoms with Crippen LogP contribution in [0.5, 0.6) is 0 Å². The van der Waals surface area contributed by atoms with Crippen molar-refractivity contribution in [1.82, 2.24) is 0 Å². The predicted molar refractivity (Wildman–Crippen MR) is 126 cm³/mol. The Bertz CT molecular complexity index is 754. The van der Waals surface area contributed by atoms with Gasteiger partial charge in [0, 0.05) is 6.04 Å². The summed E-state index contributed by atoms with van der Waals surface area (Å²) in [5.74, 6) is -0.190. The molecular formula is C27H39NO2. The molecule has 3 nitrogen and oxygen atoms in total. The maximum atomic E-state index is 11.3. The molecule has 1 atom stereocenters. The van der Waals surface area contributed by atoms with Crippen molar-refractivity contribution in [3.8, 4) is 0 Å². The van der Waals surface area contributed by atoms with Crippen molar-refractivity contribution in [2.75, 3.05) is 7.11 Å². The number of benzene rings is 2. The first-order valence-corrected chi connectivity index (χ1v) is 11.5. The van der Waals surface area contributed by atoms with Gasteiger partial charge in [-0.05, 0) is 55.4 Å². The van der Waals surface area contributed by atoms with Gasteiger partial charge in [-0.2, -0.15) is 0 Å². The number of nitrogens with two attached hydrogens (primary N) is 1. The van der Waals surface area contributed by atoms with Crippen LogP contribution >= 0.6 is 0 Å². The van der Waals surface area contributed by atoms with Crippen LogP contribution in [0.4, 0.5) is 0 Å². The smallest absolute Gasteiger partial charge is 0.309 e. The van der Waals surface area contributed by atoms with Crippen molar-refractivity contribution in [1.29, 1.82) is 0 Å². The molecule has 2 aliphatic carbocycles. The highest BCUT2D eigenvalue weighted by Crippen LogP contribution is 2.31. The molecule has 0 spiro atoms. The predicted octanol–water partition coefficient (Wildman–Crippen LogP) is 6.38. The van der Waals surface area contributed by atoms with Crippen molar-refractivity contribution >= 4 is 5.97 Å². The van der Waals surface area contributed by atoms with Gasteiger partial charge in [0.2, 0.25) is 0 Å². The second-order valence-electron chi connectivity index (χ2n) is 8.51. The fourth-order valence-corrected chi connectivity index (χ4v) is 4.28. The molecule has 2 aromatic carbocycles. The maximum Gasteiger partial charge on any atom is 0.309 e. The van der Waals surface area contributed by atoms with Crippen LogP contribution < -0.4 is 5.73 Å². The molecule has 3 heteroatoms. The molecule has 1 fully saturated rings. The molecule has 0 aliphatic heterocycles. The van der Waals surface area contributed by atoms with E-state index in [4.69, 9.17) is 10.5 Å². The van der Waals surface area contributed by atoms with Crippen LogP contribution in [0, 0.1) is 13.8 Å². The summed E-state index contributed by atoms with van der Waals surface area (Å²) in [6.45, 7) is 4.16. The first kappa shape index (κ1) is 24.1. The number of carbonyl (C=O) groups is 1. The summed E-state index contributed by atoms with van der Waals surface area (Å²) >= 11 is 0. The van der Waals surface area contributed by atoms with E-state index in [0.29, 0.717) is 6.42 Å². The van der Waals surface area contributed by atoms with E-state index in [2.05, 4.69) is 38.1 Å². The van der Waals surface area contributed by atoms with Crippen molar-refractivity contribution in [3.05, 3.63) is 70.3 Å². The van der Waals surface area contributed by atoms with Gasteiger partial charge in [-0.1, -0.05) is 86.6 Å². The average Bonchev–Trinajstić information content (AvgIpc) is 2.76. The number of methoxy groups -OCH3 is 1. The zero-order valence-corrected chi connectivity index (χ0v) is 19.1. The van der Waals surface area contributed by atoms with E-state index in [1.54, 1.807) is 0 Å². The third-order valence-corrected chi connectivity index (χ3v) is 5.88. The molecule has 164 valence electrons. The van der Waals surface area contributed by atoms with Crippen LogP contribution in [-0.4, -0.2) is 13.1 Å². The summed E-state index contributed by atoms with van der Waals surface area (Å²) in [4.78, 5) is 11.3. The second kappa shape index (κ2) is 13.2. The van der Waals surface area contributed by atoms with E-state index in [-0.39, 0.29) is 12.0 Å². The Kier molecular flexibility index (Phi) is 10.6. The van der Waals surface area contributed by atoms with Crippen molar-refractivity contribution in [2.24, 2.45) is 5.73 Å². The molecule has 4 rings (SSSR count). The minimum atomic E-state index is -0.190. The number of aryl methyl sites for hydroxylation is 3. The molecular weight excluding hydrogens is 370 g/mol. The summed E-state index contributed by atoms with van der Waals surface area (Å²) < 4.78 is 4.70. The number of carbonyl (C=O) groups excluding carboxylic acids is 1. The highest BCUT2D eigenvalue weighted by Gasteiger charge is 2.20. The fourth-order valence-electron chi connectivity index (χ4n) is 4.28. The molecule has 1 saturated carbocycles.